The standard InChI is InChI=1S/C13H19ClN2/c1-10-6-7-16(9-10)13-5-3-4-12(14)11(13)8-15-2/h3-5,10,15H,6-9H2,1-2H3. The number of benzene rings is 1. The highest BCUT2D eigenvalue weighted by atomic mass is 35.5. The van der Waals surface area contributed by atoms with E-state index in [0.29, 0.717) is 0 Å². The Balaban J connectivity index is 2.28. The summed E-state index contributed by atoms with van der Waals surface area (Å²) in [5.41, 5.74) is 2.52. The maximum absolute atomic E-state index is 6.26. The fourth-order valence-corrected chi connectivity index (χ4v) is 2.59. The molecule has 1 aromatic carbocycles. The van der Waals surface area contributed by atoms with Crippen molar-refractivity contribution in [3.8, 4) is 0 Å². The summed E-state index contributed by atoms with van der Waals surface area (Å²) in [5.74, 6) is 0.793. The molecule has 0 amide bonds. The summed E-state index contributed by atoms with van der Waals surface area (Å²) in [6.07, 6.45) is 1.28. The van der Waals surface area contributed by atoms with Crippen molar-refractivity contribution < 1.29 is 0 Å². The summed E-state index contributed by atoms with van der Waals surface area (Å²) < 4.78 is 0. The average molecular weight is 239 g/mol. The smallest absolute Gasteiger partial charge is 0.0471 e. The van der Waals surface area contributed by atoms with E-state index in [-0.39, 0.29) is 0 Å². The predicted octanol–water partition coefficient (Wildman–Crippen LogP) is 2.91. The van der Waals surface area contributed by atoms with Gasteiger partial charge in [0.1, 0.15) is 0 Å². The van der Waals surface area contributed by atoms with Gasteiger partial charge in [-0.1, -0.05) is 24.6 Å². The van der Waals surface area contributed by atoms with E-state index in [0.717, 1.165) is 30.6 Å². The molecule has 0 radical (unpaired) electrons. The Labute approximate surface area is 103 Å². The predicted molar refractivity (Wildman–Crippen MR) is 70.2 cm³/mol. The van der Waals surface area contributed by atoms with E-state index in [9.17, 15) is 0 Å². The van der Waals surface area contributed by atoms with Crippen molar-refractivity contribution in [3.63, 3.8) is 0 Å². The monoisotopic (exact) mass is 238 g/mol. The maximum atomic E-state index is 6.26. The first-order valence-electron chi connectivity index (χ1n) is 5.89. The van der Waals surface area contributed by atoms with E-state index in [1.807, 2.05) is 19.2 Å². The molecule has 88 valence electrons. The van der Waals surface area contributed by atoms with Crippen molar-refractivity contribution in [2.24, 2.45) is 5.92 Å². The molecule has 1 heterocycles. The van der Waals surface area contributed by atoms with Gasteiger partial charge < -0.3 is 10.2 Å². The van der Waals surface area contributed by atoms with Crippen LogP contribution < -0.4 is 10.2 Å². The quantitative estimate of drug-likeness (QED) is 0.871. The molecule has 1 aliphatic heterocycles. The number of rotatable bonds is 3. The fraction of sp³-hybridized carbons (Fsp3) is 0.538. The van der Waals surface area contributed by atoms with Crippen molar-refractivity contribution in [1.29, 1.82) is 0 Å². The molecular formula is C13H19ClN2. The van der Waals surface area contributed by atoms with Crippen LogP contribution in [0.25, 0.3) is 0 Å². The van der Waals surface area contributed by atoms with Gasteiger partial charge in [0.25, 0.3) is 0 Å². The minimum atomic E-state index is 0.793. The first-order chi connectivity index (χ1) is 7.72. The van der Waals surface area contributed by atoms with Gasteiger partial charge in [-0.2, -0.15) is 0 Å². The number of nitrogens with one attached hydrogen (secondary N) is 1. The highest BCUT2D eigenvalue weighted by Crippen LogP contribution is 2.31. The van der Waals surface area contributed by atoms with Crippen LogP contribution in [0.3, 0.4) is 0 Å². The Hall–Kier alpha value is -0.730. The Morgan fingerprint density at radius 1 is 1.50 bits per heavy atom. The number of hydrogen-bond acceptors (Lipinski definition) is 2. The summed E-state index contributed by atoms with van der Waals surface area (Å²) in [7, 11) is 1.96. The van der Waals surface area contributed by atoms with Crippen molar-refractivity contribution >= 4 is 17.3 Å². The zero-order valence-corrected chi connectivity index (χ0v) is 10.7. The molecule has 1 atom stereocenters. The highest BCUT2D eigenvalue weighted by molar-refractivity contribution is 6.31. The zero-order valence-electron chi connectivity index (χ0n) is 9.96. The lowest BCUT2D eigenvalue weighted by atomic mass is 10.1. The third-order valence-electron chi connectivity index (χ3n) is 3.21. The second-order valence-corrected chi connectivity index (χ2v) is 5.01. The lowest BCUT2D eigenvalue weighted by molar-refractivity contribution is 0.659. The van der Waals surface area contributed by atoms with E-state index in [1.165, 1.54) is 17.7 Å². The van der Waals surface area contributed by atoms with Crippen LogP contribution in [0.2, 0.25) is 5.02 Å². The van der Waals surface area contributed by atoms with Crippen LogP contribution in [0.1, 0.15) is 18.9 Å². The Morgan fingerprint density at radius 2 is 2.31 bits per heavy atom. The molecule has 1 aromatic rings. The molecule has 0 saturated carbocycles. The second kappa shape index (κ2) is 5.07. The first-order valence-corrected chi connectivity index (χ1v) is 6.27. The second-order valence-electron chi connectivity index (χ2n) is 4.61. The van der Waals surface area contributed by atoms with Gasteiger partial charge in [-0.05, 0) is 31.5 Å². The van der Waals surface area contributed by atoms with Gasteiger partial charge in [-0.25, -0.2) is 0 Å². The number of anilines is 1. The first kappa shape index (κ1) is 11.7. The van der Waals surface area contributed by atoms with Crippen LogP contribution in [0.5, 0.6) is 0 Å². The summed E-state index contributed by atoms with van der Waals surface area (Å²) in [4.78, 5) is 2.45. The van der Waals surface area contributed by atoms with E-state index in [2.05, 4.69) is 23.2 Å². The van der Waals surface area contributed by atoms with Crippen LogP contribution in [0.15, 0.2) is 18.2 Å². The third kappa shape index (κ3) is 2.33. The van der Waals surface area contributed by atoms with Gasteiger partial charge in [0.15, 0.2) is 0 Å². The number of hydrogen-bond donors (Lipinski definition) is 1. The zero-order chi connectivity index (χ0) is 11.5. The van der Waals surface area contributed by atoms with Gasteiger partial charge in [0.2, 0.25) is 0 Å². The van der Waals surface area contributed by atoms with Crippen molar-refractivity contribution in [2.75, 3.05) is 25.0 Å². The van der Waals surface area contributed by atoms with E-state index < -0.39 is 0 Å². The molecular weight excluding hydrogens is 220 g/mol. The van der Waals surface area contributed by atoms with Gasteiger partial charge in [-0.15, -0.1) is 0 Å². The lowest BCUT2D eigenvalue weighted by Gasteiger charge is -2.22. The van der Waals surface area contributed by atoms with Crippen LogP contribution in [-0.4, -0.2) is 20.1 Å². The molecule has 1 N–H and O–H groups in total. The number of halogens is 1. The lowest BCUT2D eigenvalue weighted by Crippen LogP contribution is -2.22. The average Bonchev–Trinajstić information content (AvgIpc) is 2.68. The number of nitrogens with zero attached hydrogens (tertiary/aromatic N) is 1. The van der Waals surface area contributed by atoms with Crippen LogP contribution in [-0.2, 0) is 6.54 Å². The molecule has 1 fully saturated rings. The molecule has 0 bridgehead atoms. The van der Waals surface area contributed by atoms with Gasteiger partial charge in [-0.3, -0.25) is 0 Å². The molecule has 1 unspecified atom stereocenters. The Kier molecular flexibility index (Phi) is 3.72. The fourth-order valence-electron chi connectivity index (χ4n) is 2.35. The minimum Gasteiger partial charge on any atom is -0.371 e. The molecule has 0 spiro atoms. The van der Waals surface area contributed by atoms with Crippen molar-refractivity contribution in [1.82, 2.24) is 5.32 Å². The summed E-state index contributed by atoms with van der Waals surface area (Å²) >= 11 is 6.26. The summed E-state index contributed by atoms with van der Waals surface area (Å²) in [5, 5.41) is 4.06. The van der Waals surface area contributed by atoms with Gasteiger partial charge in [0, 0.05) is 35.9 Å². The minimum absolute atomic E-state index is 0.793. The Morgan fingerprint density at radius 3 is 2.94 bits per heavy atom. The van der Waals surface area contributed by atoms with Crippen LogP contribution in [0.4, 0.5) is 5.69 Å². The van der Waals surface area contributed by atoms with E-state index >= 15 is 0 Å². The van der Waals surface area contributed by atoms with Crippen LogP contribution >= 0.6 is 11.6 Å². The molecule has 1 aliphatic rings. The van der Waals surface area contributed by atoms with E-state index in [1.54, 1.807) is 0 Å². The summed E-state index contributed by atoms with van der Waals surface area (Å²) in [6, 6.07) is 6.19. The molecule has 2 nitrogen and oxygen atoms in total. The highest BCUT2D eigenvalue weighted by Gasteiger charge is 2.21. The maximum Gasteiger partial charge on any atom is 0.0471 e. The SMILES string of the molecule is CNCc1c(Cl)cccc1N1CCC(C)C1. The molecule has 3 heteroatoms. The normalized spacial score (nSPS) is 20.4. The van der Waals surface area contributed by atoms with Crippen LogP contribution in [0, 0.1) is 5.92 Å². The largest absolute Gasteiger partial charge is 0.371 e. The Bertz CT molecular complexity index is 365. The molecule has 2 rings (SSSR count). The third-order valence-corrected chi connectivity index (χ3v) is 3.57. The molecule has 16 heavy (non-hydrogen) atoms. The van der Waals surface area contributed by atoms with Gasteiger partial charge >= 0.3 is 0 Å². The summed E-state index contributed by atoms with van der Waals surface area (Å²) in [6.45, 7) is 5.44. The molecule has 0 aromatic heterocycles. The van der Waals surface area contributed by atoms with Gasteiger partial charge in [0.05, 0.1) is 0 Å². The topological polar surface area (TPSA) is 15.3 Å². The van der Waals surface area contributed by atoms with Crippen molar-refractivity contribution in [3.05, 3.63) is 28.8 Å². The molecule has 0 aliphatic carbocycles. The molecule has 1 saturated heterocycles. The van der Waals surface area contributed by atoms with E-state index in [4.69, 9.17) is 11.6 Å². The van der Waals surface area contributed by atoms with Crippen molar-refractivity contribution in [2.45, 2.75) is 19.9 Å².